The van der Waals surface area contributed by atoms with E-state index in [0.29, 0.717) is 12.5 Å². The number of hydrogen-bond acceptors (Lipinski definition) is 3. The monoisotopic (exact) mass is 242 g/mol. The maximum absolute atomic E-state index is 11.3. The largest absolute Gasteiger partial charge is 0.479 e. The van der Waals surface area contributed by atoms with Gasteiger partial charge in [-0.25, -0.2) is 9.59 Å². The van der Waals surface area contributed by atoms with Gasteiger partial charge in [0, 0.05) is 6.54 Å². The fourth-order valence-electron chi connectivity index (χ4n) is 1.62. The lowest BCUT2D eigenvalue weighted by atomic mass is 9.94. The molecule has 1 aliphatic carbocycles. The Morgan fingerprint density at radius 3 is 2.71 bits per heavy atom. The molecule has 1 unspecified atom stereocenters. The highest BCUT2D eigenvalue weighted by atomic mass is 16.4. The zero-order valence-corrected chi connectivity index (χ0v) is 9.56. The van der Waals surface area contributed by atoms with Gasteiger partial charge in [-0.1, -0.05) is 12.2 Å². The van der Waals surface area contributed by atoms with Crippen molar-refractivity contribution < 1.29 is 19.8 Å². The standard InChI is InChI=1S/C11H18N2O4/c14-9(10(15)16)7-13-11(17)12-6-8-4-2-1-3-5-8/h1-2,8-9,14H,3-7H2,(H,15,16)(H2,12,13,17)/t8?,9-/m0/s1. The van der Waals surface area contributed by atoms with Crippen LogP contribution in [0.25, 0.3) is 0 Å². The normalized spacial score (nSPS) is 20.6. The molecule has 0 aromatic carbocycles. The Balaban J connectivity index is 2.12. The number of aliphatic hydroxyl groups is 1. The summed E-state index contributed by atoms with van der Waals surface area (Å²) in [5.41, 5.74) is 0. The zero-order valence-electron chi connectivity index (χ0n) is 9.56. The van der Waals surface area contributed by atoms with Crippen LogP contribution in [0, 0.1) is 5.92 Å². The van der Waals surface area contributed by atoms with Crippen molar-refractivity contribution in [3.63, 3.8) is 0 Å². The molecule has 0 spiro atoms. The Kier molecular flexibility index (Phi) is 5.48. The second-order valence-corrected chi connectivity index (χ2v) is 4.10. The average molecular weight is 242 g/mol. The minimum atomic E-state index is -1.56. The molecule has 4 N–H and O–H groups in total. The van der Waals surface area contributed by atoms with Crippen LogP contribution in [0.2, 0.25) is 0 Å². The number of rotatable bonds is 5. The highest BCUT2D eigenvalue weighted by Crippen LogP contribution is 2.16. The molecule has 6 nitrogen and oxygen atoms in total. The number of aliphatic hydroxyl groups excluding tert-OH is 1. The number of carboxylic acids is 1. The molecule has 0 saturated carbocycles. The number of amides is 2. The minimum absolute atomic E-state index is 0.286. The Morgan fingerprint density at radius 1 is 1.35 bits per heavy atom. The molecular weight excluding hydrogens is 224 g/mol. The summed E-state index contributed by atoms with van der Waals surface area (Å²) in [6, 6.07) is -0.445. The van der Waals surface area contributed by atoms with Crippen molar-refractivity contribution in [1.29, 1.82) is 0 Å². The predicted molar refractivity (Wildman–Crippen MR) is 61.5 cm³/mol. The number of hydrogen-bond donors (Lipinski definition) is 4. The summed E-state index contributed by atoms with van der Waals surface area (Å²) in [7, 11) is 0. The summed E-state index contributed by atoms with van der Waals surface area (Å²) in [5.74, 6) is -0.905. The van der Waals surface area contributed by atoms with Crippen LogP contribution in [-0.2, 0) is 4.79 Å². The van der Waals surface area contributed by atoms with Gasteiger partial charge < -0.3 is 20.8 Å². The second-order valence-electron chi connectivity index (χ2n) is 4.10. The Hall–Kier alpha value is -1.56. The molecule has 1 aliphatic rings. The summed E-state index contributed by atoms with van der Waals surface area (Å²) in [6.07, 6.45) is 5.71. The first kappa shape index (κ1) is 13.5. The molecule has 2 amide bonds. The van der Waals surface area contributed by atoms with E-state index in [-0.39, 0.29) is 6.54 Å². The van der Waals surface area contributed by atoms with Crippen molar-refractivity contribution in [2.45, 2.75) is 25.4 Å². The number of carboxylic acid groups (broad SMARTS) is 1. The fourth-order valence-corrected chi connectivity index (χ4v) is 1.62. The van der Waals surface area contributed by atoms with Gasteiger partial charge in [-0.2, -0.15) is 0 Å². The molecule has 0 aromatic heterocycles. The molecule has 1 rings (SSSR count). The topological polar surface area (TPSA) is 98.7 Å². The van der Waals surface area contributed by atoms with E-state index in [1.165, 1.54) is 0 Å². The summed E-state index contributed by atoms with van der Waals surface area (Å²) in [6.45, 7) is 0.283. The molecule has 0 radical (unpaired) electrons. The first-order chi connectivity index (χ1) is 8.09. The molecule has 0 heterocycles. The van der Waals surface area contributed by atoms with Crippen molar-refractivity contribution in [2.75, 3.05) is 13.1 Å². The van der Waals surface area contributed by atoms with E-state index in [9.17, 15) is 9.59 Å². The summed E-state index contributed by atoms with van der Waals surface area (Å²) in [5, 5.41) is 22.3. The number of carbonyl (C=O) groups is 2. The molecule has 0 saturated heterocycles. The van der Waals surface area contributed by atoms with Crippen LogP contribution in [0.4, 0.5) is 4.79 Å². The minimum Gasteiger partial charge on any atom is -0.479 e. The third kappa shape index (κ3) is 5.35. The third-order valence-electron chi connectivity index (χ3n) is 2.67. The van der Waals surface area contributed by atoms with Crippen LogP contribution >= 0.6 is 0 Å². The van der Waals surface area contributed by atoms with E-state index in [1.807, 2.05) is 0 Å². The van der Waals surface area contributed by atoms with Crippen LogP contribution < -0.4 is 10.6 Å². The summed E-state index contributed by atoms with van der Waals surface area (Å²) in [4.78, 5) is 21.6. The number of nitrogens with one attached hydrogen (secondary N) is 2. The quantitative estimate of drug-likeness (QED) is 0.513. The smallest absolute Gasteiger partial charge is 0.334 e. The van der Waals surface area contributed by atoms with Crippen molar-refractivity contribution in [2.24, 2.45) is 5.92 Å². The van der Waals surface area contributed by atoms with E-state index < -0.39 is 18.1 Å². The van der Waals surface area contributed by atoms with E-state index in [4.69, 9.17) is 10.2 Å². The molecule has 0 bridgehead atoms. The van der Waals surface area contributed by atoms with Gasteiger partial charge in [-0.15, -0.1) is 0 Å². The molecule has 0 fully saturated rings. The van der Waals surface area contributed by atoms with E-state index in [1.54, 1.807) is 0 Å². The van der Waals surface area contributed by atoms with Crippen molar-refractivity contribution in [3.8, 4) is 0 Å². The van der Waals surface area contributed by atoms with E-state index in [2.05, 4.69) is 22.8 Å². The first-order valence-corrected chi connectivity index (χ1v) is 5.67. The zero-order chi connectivity index (χ0) is 12.7. The fraction of sp³-hybridized carbons (Fsp3) is 0.636. The lowest BCUT2D eigenvalue weighted by molar-refractivity contribution is -0.146. The average Bonchev–Trinajstić information content (AvgIpc) is 2.34. The molecular formula is C11H18N2O4. The molecule has 17 heavy (non-hydrogen) atoms. The van der Waals surface area contributed by atoms with Crippen LogP contribution in [0.1, 0.15) is 19.3 Å². The SMILES string of the molecule is O=C(NCC1CC=CCC1)NC[C@H](O)C(=O)O. The Bertz CT molecular complexity index is 304. The van der Waals surface area contributed by atoms with E-state index >= 15 is 0 Å². The number of carbonyl (C=O) groups excluding carboxylic acids is 1. The van der Waals surface area contributed by atoms with Gasteiger partial charge in [0.15, 0.2) is 6.10 Å². The maximum atomic E-state index is 11.3. The molecule has 2 atom stereocenters. The van der Waals surface area contributed by atoms with Gasteiger partial charge in [0.25, 0.3) is 0 Å². The number of allylic oxidation sites excluding steroid dienone is 2. The lowest BCUT2D eigenvalue weighted by Crippen LogP contribution is -2.43. The van der Waals surface area contributed by atoms with Crippen molar-refractivity contribution in [3.05, 3.63) is 12.2 Å². The van der Waals surface area contributed by atoms with E-state index in [0.717, 1.165) is 19.3 Å². The predicted octanol–water partition coefficient (Wildman–Crippen LogP) is 0.0874. The van der Waals surface area contributed by atoms with Crippen LogP contribution in [0.5, 0.6) is 0 Å². The molecule has 0 aromatic rings. The highest BCUT2D eigenvalue weighted by molar-refractivity contribution is 5.76. The van der Waals surface area contributed by atoms with Gasteiger partial charge in [-0.05, 0) is 25.2 Å². The number of aliphatic carboxylic acids is 1. The van der Waals surface area contributed by atoms with Crippen molar-refractivity contribution in [1.82, 2.24) is 10.6 Å². The summed E-state index contributed by atoms with van der Waals surface area (Å²) >= 11 is 0. The Labute approximate surface area is 99.7 Å². The Morgan fingerprint density at radius 2 is 2.12 bits per heavy atom. The van der Waals surface area contributed by atoms with Crippen LogP contribution in [0.3, 0.4) is 0 Å². The molecule has 6 heteroatoms. The lowest BCUT2D eigenvalue weighted by Gasteiger charge is -2.18. The molecule has 0 aliphatic heterocycles. The third-order valence-corrected chi connectivity index (χ3v) is 2.67. The summed E-state index contributed by atoms with van der Waals surface area (Å²) < 4.78 is 0. The van der Waals surface area contributed by atoms with Gasteiger partial charge in [0.2, 0.25) is 0 Å². The van der Waals surface area contributed by atoms with Gasteiger partial charge in [-0.3, -0.25) is 0 Å². The second kappa shape index (κ2) is 6.90. The molecule has 96 valence electrons. The van der Waals surface area contributed by atoms with Crippen LogP contribution in [0.15, 0.2) is 12.2 Å². The highest BCUT2D eigenvalue weighted by Gasteiger charge is 2.15. The number of urea groups is 1. The van der Waals surface area contributed by atoms with Crippen LogP contribution in [-0.4, -0.2) is 41.4 Å². The van der Waals surface area contributed by atoms with Gasteiger partial charge >= 0.3 is 12.0 Å². The van der Waals surface area contributed by atoms with Crippen molar-refractivity contribution >= 4 is 12.0 Å². The van der Waals surface area contributed by atoms with Gasteiger partial charge in [0.1, 0.15) is 0 Å². The first-order valence-electron chi connectivity index (χ1n) is 5.67. The van der Waals surface area contributed by atoms with Gasteiger partial charge in [0.05, 0.1) is 6.54 Å². The maximum Gasteiger partial charge on any atom is 0.334 e.